The van der Waals surface area contributed by atoms with Crippen LogP contribution in [0, 0.1) is 17.8 Å². The second-order valence-corrected chi connectivity index (χ2v) is 10.2. The molecule has 0 spiro atoms. The third kappa shape index (κ3) is 2.18. The van der Waals surface area contributed by atoms with Crippen LogP contribution >= 0.6 is 0 Å². The first-order valence-electron chi connectivity index (χ1n) is 9.66. The molecule has 2 fully saturated rings. The molecule has 0 nitrogen and oxygen atoms in total. The van der Waals surface area contributed by atoms with Crippen LogP contribution in [0.4, 0.5) is 0 Å². The van der Waals surface area contributed by atoms with Gasteiger partial charge in [0.2, 0.25) is 0 Å². The van der Waals surface area contributed by atoms with Crippen molar-refractivity contribution in [1.29, 1.82) is 0 Å². The molecule has 0 aromatic heterocycles. The molecule has 1 aliphatic heterocycles. The van der Waals surface area contributed by atoms with E-state index in [1.54, 1.807) is 11.1 Å². The van der Waals surface area contributed by atoms with E-state index in [1.165, 1.54) is 25.3 Å². The summed E-state index contributed by atoms with van der Waals surface area (Å²) in [6.45, 7) is 0. The van der Waals surface area contributed by atoms with Crippen LogP contribution in [0.25, 0.3) is 0 Å². The molecule has 0 N–H and O–H groups in total. The molecule has 2 bridgehead atoms. The summed E-state index contributed by atoms with van der Waals surface area (Å²) in [6.07, 6.45) is 9.36. The highest BCUT2D eigenvalue weighted by atomic mass is 28.2. The highest BCUT2D eigenvalue weighted by molar-refractivity contribution is 6.39. The molecule has 2 aromatic carbocycles. The molecule has 0 radical (unpaired) electrons. The lowest BCUT2D eigenvalue weighted by molar-refractivity contribution is 0.376. The summed E-state index contributed by atoms with van der Waals surface area (Å²) < 4.78 is 0. The zero-order chi connectivity index (χ0) is 16.0. The van der Waals surface area contributed by atoms with Gasteiger partial charge in [-0.2, -0.15) is 0 Å². The second kappa shape index (κ2) is 5.74. The molecule has 2 aromatic rings. The summed E-state index contributed by atoms with van der Waals surface area (Å²) in [5.41, 5.74) is 4.47. The Bertz CT molecular complexity index is 670. The van der Waals surface area contributed by atoms with Crippen LogP contribution in [0.1, 0.15) is 30.4 Å². The summed E-state index contributed by atoms with van der Waals surface area (Å²) in [5, 5.41) is 0. The smallest absolute Gasteiger partial charge is 0.0256 e. The predicted molar refractivity (Wildman–Crippen MR) is 104 cm³/mol. The molecule has 1 saturated heterocycles. The first kappa shape index (κ1) is 14.7. The van der Waals surface area contributed by atoms with Crippen molar-refractivity contribution in [2.45, 2.75) is 36.3 Å². The molecule has 4 atom stereocenters. The first-order valence-corrected chi connectivity index (χ1v) is 11.5. The molecule has 1 heteroatoms. The largest absolute Gasteiger partial charge is 0.0851 e. The fraction of sp³-hybridized carbons (Fsp3) is 0.391. The number of hydrogen-bond acceptors (Lipinski definition) is 0. The van der Waals surface area contributed by atoms with Crippen molar-refractivity contribution in [2.24, 2.45) is 17.8 Å². The van der Waals surface area contributed by atoms with Gasteiger partial charge in [-0.25, -0.2) is 0 Å². The van der Waals surface area contributed by atoms with Gasteiger partial charge in [-0.1, -0.05) is 72.8 Å². The minimum Gasteiger partial charge on any atom is -0.0851 e. The van der Waals surface area contributed by atoms with Crippen molar-refractivity contribution < 1.29 is 0 Å². The van der Waals surface area contributed by atoms with Crippen LogP contribution in [-0.2, 0) is 5.41 Å². The van der Waals surface area contributed by atoms with Gasteiger partial charge in [0.05, 0.1) is 0 Å². The van der Waals surface area contributed by atoms with Gasteiger partial charge in [-0.05, 0) is 59.7 Å². The molecule has 24 heavy (non-hydrogen) atoms. The van der Waals surface area contributed by atoms with Crippen LogP contribution < -0.4 is 0 Å². The fourth-order valence-corrected chi connectivity index (χ4v) is 9.54. The van der Waals surface area contributed by atoms with E-state index in [4.69, 9.17) is 0 Å². The van der Waals surface area contributed by atoms with Crippen molar-refractivity contribution in [2.75, 3.05) is 0 Å². The van der Waals surface area contributed by atoms with Crippen molar-refractivity contribution in [3.8, 4) is 0 Å². The highest BCUT2D eigenvalue weighted by Crippen LogP contribution is 2.57. The van der Waals surface area contributed by atoms with Gasteiger partial charge in [0.15, 0.2) is 0 Å². The quantitative estimate of drug-likeness (QED) is 0.539. The molecule has 5 rings (SSSR count). The molecule has 1 heterocycles. The maximum Gasteiger partial charge on any atom is 0.0256 e. The minimum absolute atomic E-state index is 0.0682. The Morgan fingerprint density at radius 2 is 1.42 bits per heavy atom. The van der Waals surface area contributed by atoms with Gasteiger partial charge in [0.25, 0.3) is 0 Å². The van der Waals surface area contributed by atoms with Crippen molar-refractivity contribution in [3.63, 3.8) is 0 Å². The standard InChI is InChI=1S/C23H26Si/c1-3-7-19(8-4-1)23(20-9-5-2-6-10-20)14-13-21-17-11-12-18(15-17)22(21)24-16-23/h1-12,17-18,21-22H,13-16,24H2/t17?,18?,21-,22-/m0/s1. The predicted octanol–water partition coefficient (Wildman–Crippen LogP) is 4.96. The van der Waals surface area contributed by atoms with E-state index in [2.05, 4.69) is 72.8 Å². The number of rotatable bonds is 2. The van der Waals surface area contributed by atoms with E-state index in [9.17, 15) is 0 Å². The third-order valence-corrected chi connectivity index (χ3v) is 10.3. The van der Waals surface area contributed by atoms with Crippen LogP contribution in [0.5, 0.6) is 0 Å². The second-order valence-electron chi connectivity index (χ2n) is 8.17. The summed E-state index contributed by atoms with van der Waals surface area (Å²) in [5.74, 6) is 2.85. The Morgan fingerprint density at radius 1 is 0.792 bits per heavy atom. The Labute approximate surface area is 147 Å². The van der Waals surface area contributed by atoms with Crippen molar-refractivity contribution >= 4 is 9.52 Å². The minimum atomic E-state index is -0.0682. The van der Waals surface area contributed by atoms with E-state index < -0.39 is 0 Å². The van der Waals surface area contributed by atoms with Gasteiger partial charge < -0.3 is 0 Å². The SMILES string of the molecule is C1=CC2CC1[C@@H]1CCC(c3ccccc3)(c3ccccc3)C[SiH2][C@@H]21. The van der Waals surface area contributed by atoms with E-state index >= 15 is 0 Å². The van der Waals surface area contributed by atoms with E-state index in [0.29, 0.717) is 0 Å². The molecular weight excluding hydrogens is 304 g/mol. The van der Waals surface area contributed by atoms with Gasteiger partial charge in [0.1, 0.15) is 0 Å². The zero-order valence-corrected chi connectivity index (χ0v) is 15.7. The normalized spacial score (nSPS) is 34.2. The van der Waals surface area contributed by atoms with Gasteiger partial charge in [-0.3, -0.25) is 0 Å². The maximum absolute atomic E-state index is 2.57. The molecule has 3 aliphatic rings. The third-order valence-electron chi connectivity index (χ3n) is 7.26. The molecular formula is C23H26Si. The van der Waals surface area contributed by atoms with Crippen molar-refractivity contribution in [3.05, 3.63) is 83.9 Å². The van der Waals surface area contributed by atoms with Crippen molar-refractivity contribution in [1.82, 2.24) is 0 Å². The van der Waals surface area contributed by atoms with Crippen LogP contribution in [0.3, 0.4) is 0 Å². The summed E-state index contributed by atoms with van der Waals surface area (Å²) in [7, 11) is -0.0682. The lowest BCUT2D eigenvalue weighted by atomic mass is 9.71. The van der Waals surface area contributed by atoms with E-state index in [1.807, 2.05) is 0 Å². The Hall–Kier alpha value is -1.60. The number of hydrogen-bond donors (Lipinski definition) is 0. The lowest BCUT2D eigenvalue weighted by Crippen LogP contribution is -2.28. The Kier molecular flexibility index (Phi) is 3.52. The van der Waals surface area contributed by atoms with E-state index in [0.717, 1.165) is 23.3 Å². The molecule has 2 unspecified atom stereocenters. The maximum atomic E-state index is 2.57. The Balaban J connectivity index is 1.56. The van der Waals surface area contributed by atoms with E-state index in [-0.39, 0.29) is 14.9 Å². The number of fused-ring (bicyclic) bond motifs is 5. The summed E-state index contributed by atoms with van der Waals surface area (Å²) in [4.78, 5) is 0. The van der Waals surface area contributed by atoms with Crippen LogP contribution in [0.2, 0.25) is 11.6 Å². The zero-order valence-electron chi connectivity index (χ0n) is 14.3. The summed E-state index contributed by atoms with van der Waals surface area (Å²) in [6, 6.07) is 24.2. The molecule has 0 amide bonds. The lowest BCUT2D eigenvalue weighted by Gasteiger charge is -2.35. The molecule has 2 aliphatic carbocycles. The molecule has 122 valence electrons. The fourth-order valence-electron chi connectivity index (χ4n) is 6.09. The number of benzene rings is 2. The Morgan fingerprint density at radius 3 is 2.08 bits per heavy atom. The van der Waals surface area contributed by atoms with Gasteiger partial charge >= 0.3 is 0 Å². The average molecular weight is 331 g/mol. The molecule has 1 saturated carbocycles. The van der Waals surface area contributed by atoms with Gasteiger partial charge in [-0.15, -0.1) is 0 Å². The topological polar surface area (TPSA) is 0 Å². The van der Waals surface area contributed by atoms with Gasteiger partial charge in [0, 0.05) is 14.9 Å². The monoisotopic (exact) mass is 330 g/mol. The average Bonchev–Trinajstić information content (AvgIpc) is 3.19. The van der Waals surface area contributed by atoms with Crippen LogP contribution in [-0.4, -0.2) is 9.52 Å². The summed E-state index contributed by atoms with van der Waals surface area (Å²) >= 11 is 0. The highest BCUT2D eigenvalue weighted by Gasteiger charge is 2.48. The number of allylic oxidation sites excluding steroid dienone is 2. The first-order chi connectivity index (χ1) is 11.9. The van der Waals surface area contributed by atoms with Crippen LogP contribution in [0.15, 0.2) is 72.8 Å².